The number of carboxylic acid groups (broad SMARTS) is 2. The zero-order chi connectivity index (χ0) is 9.14. The first-order chi connectivity index (χ1) is 5.63. The Labute approximate surface area is 94.4 Å². The van der Waals surface area contributed by atoms with Crippen LogP contribution in [0.1, 0.15) is 20.7 Å². The Kier molecular flexibility index (Phi) is 4.60. The van der Waals surface area contributed by atoms with Crippen molar-refractivity contribution in [2.45, 2.75) is 0 Å². The van der Waals surface area contributed by atoms with Crippen molar-refractivity contribution in [3.63, 3.8) is 0 Å². The number of benzene rings is 1. The molecule has 0 spiro atoms. The number of carbonyl (C=O) groups excluding carboxylic acids is 2. The molecule has 1 rings (SSSR count). The maximum atomic E-state index is 10.3. The van der Waals surface area contributed by atoms with Gasteiger partial charge in [-0.1, -0.05) is 24.3 Å². The maximum absolute atomic E-state index is 10.3. The van der Waals surface area contributed by atoms with Gasteiger partial charge in [0.25, 0.3) is 0 Å². The molecule has 0 saturated carbocycles. The number of aromatic carboxylic acids is 2. The van der Waals surface area contributed by atoms with Crippen LogP contribution in [-0.4, -0.2) is 11.9 Å². The van der Waals surface area contributed by atoms with E-state index in [1.807, 2.05) is 0 Å². The summed E-state index contributed by atoms with van der Waals surface area (Å²) in [6.45, 7) is 0. The average Bonchev–Trinajstić information content (AvgIpc) is 2.04. The molecule has 0 radical (unpaired) electrons. The van der Waals surface area contributed by atoms with Crippen LogP contribution in [-0.2, 0) is 27.3 Å². The van der Waals surface area contributed by atoms with Crippen molar-refractivity contribution >= 4 is 11.9 Å². The summed E-state index contributed by atoms with van der Waals surface area (Å²) in [4.78, 5) is 20.6. The molecule has 0 heterocycles. The Morgan fingerprint density at radius 1 is 0.923 bits per heavy atom. The second kappa shape index (κ2) is 4.95. The minimum absolute atomic E-state index is 0. The molecule has 0 unspecified atom stereocenters. The summed E-state index contributed by atoms with van der Waals surface area (Å²) in [5.74, 6) is -3.04. The van der Waals surface area contributed by atoms with Crippen LogP contribution in [0.15, 0.2) is 24.3 Å². The van der Waals surface area contributed by atoms with E-state index < -0.39 is 11.9 Å². The second-order valence-electron chi connectivity index (χ2n) is 2.12. The third-order valence-electron chi connectivity index (χ3n) is 1.37. The van der Waals surface area contributed by atoms with Crippen LogP contribution in [0.5, 0.6) is 0 Å². The van der Waals surface area contributed by atoms with Crippen molar-refractivity contribution in [1.82, 2.24) is 0 Å². The van der Waals surface area contributed by atoms with E-state index in [0.717, 1.165) is 12.1 Å². The number of carbonyl (C=O) groups is 2. The van der Waals surface area contributed by atoms with Crippen LogP contribution >= 0.6 is 0 Å². The SMILES string of the molecule is O=C([O-])c1ccccc1C(=O)[O-].[Cd+2]. The van der Waals surface area contributed by atoms with Crippen LogP contribution < -0.4 is 10.2 Å². The van der Waals surface area contributed by atoms with E-state index in [2.05, 4.69) is 0 Å². The Bertz CT molecular complexity index is 302. The van der Waals surface area contributed by atoms with E-state index >= 15 is 0 Å². The predicted molar refractivity (Wildman–Crippen MR) is 35.1 cm³/mol. The molecule has 4 nitrogen and oxygen atoms in total. The van der Waals surface area contributed by atoms with Crippen LogP contribution in [0.2, 0.25) is 0 Å². The summed E-state index contributed by atoms with van der Waals surface area (Å²) in [6.07, 6.45) is 0. The van der Waals surface area contributed by atoms with Gasteiger partial charge >= 0.3 is 27.3 Å². The van der Waals surface area contributed by atoms with Gasteiger partial charge in [-0.05, 0) is 0 Å². The molecular formula is C8H4CdO4. The molecule has 0 bridgehead atoms. The molecule has 5 heteroatoms. The molecule has 0 aromatic heterocycles. The normalized spacial score (nSPS) is 8.62. The van der Waals surface area contributed by atoms with Gasteiger partial charge < -0.3 is 19.8 Å². The van der Waals surface area contributed by atoms with E-state index in [4.69, 9.17) is 0 Å². The first kappa shape index (κ1) is 12.1. The molecule has 0 aliphatic carbocycles. The first-order valence-electron chi connectivity index (χ1n) is 3.14. The van der Waals surface area contributed by atoms with Gasteiger partial charge in [0.2, 0.25) is 0 Å². The second-order valence-corrected chi connectivity index (χ2v) is 2.12. The minimum atomic E-state index is -1.52. The predicted octanol–water partition coefficient (Wildman–Crippen LogP) is -1.59. The molecule has 0 aliphatic heterocycles. The van der Waals surface area contributed by atoms with Crippen molar-refractivity contribution in [1.29, 1.82) is 0 Å². The smallest absolute Gasteiger partial charge is 0.545 e. The Morgan fingerprint density at radius 3 is 1.46 bits per heavy atom. The van der Waals surface area contributed by atoms with Crippen LogP contribution in [0.25, 0.3) is 0 Å². The molecular weight excluding hydrogens is 272 g/mol. The molecule has 0 saturated heterocycles. The minimum Gasteiger partial charge on any atom is -0.545 e. The van der Waals surface area contributed by atoms with Gasteiger partial charge in [-0.3, -0.25) is 0 Å². The fourth-order valence-corrected chi connectivity index (χ4v) is 0.839. The van der Waals surface area contributed by atoms with Crippen LogP contribution in [0.4, 0.5) is 0 Å². The van der Waals surface area contributed by atoms with Gasteiger partial charge in [-0.15, -0.1) is 0 Å². The van der Waals surface area contributed by atoms with E-state index in [9.17, 15) is 19.8 Å². The molecule has 0 N–H and O–H groups in total. The van der Waals surface area contributed by atoms with Crippen molar-refractivity contribution in [2.75, 3.05) is 0 Å². The fraction of sp³-hybridized carbons (Fsp3) is 0. The summed E-state index contributed by atoms with van der Waals surface area (Å²) < 4.78 is 0. The first-order valence-corrected chi connectivity index (χ1v) is 3.14. The van der Waals surface area contributed by atoms with Gasteiger partial charge in [0.05, 0.1) is 11.9 Å². The molecule has 0 fully saturated rings. The maximum Gasteiger partial charge on any atom is 2.00 e. The largest absolute Gasteiger partial charge is 2.00 e. The molecule has 62 valence electrons. The zero-order valence-corrected chi connectivity index (χ0v) is 10.7. The van der Waals surface area contributed by atoms with Crippen molar-refractivity contribution < 1.29 is 47.1 Å². The van der Waals surface area contributed by atoms with Crippen molar-refractivity contribution in [3.05, 3.63) is 35.4 Å². The van der Waals surface area contributed by atoms with Gasteiger partial charge in [0.1, 0.15) is 0 Å². The molecule has 13 heavy (non-hydrogen) atoms. The summed E-state index contributed by atoms with van der Waals surface area (Å²) in [5.41, 5.74) is -0.727. The van der Waals surface area contributed by atoms with E-state index in [1.54, 1.807) is 0 Å². The number of carboxylic acids is 2. The Morgan fingerprint density at radius 2 is 1.23 bits per heavy atom. The molecule has 0 atom stereocenters. The number of hydrogen-bond donors (Lipinski definition) is 0. The molecule has 1 aromatic rings. The molecule has 0 amide bonds. The summed E-state index contributed by atoms with van der Waals surface area (Å²) >= 11 is 0. The van der Waals surface area contributed by atoms with Crippen molar-refractivity contribution in [2.24, 2.45) is 0 Å². The third kappa shape index (κ3) is 2.80. The number of hydrogen-bond acceptors (Lipinski definition) is 4. The summed E-state index contributed by atoms with van der Waals surface area (Å²) in [5, 5.41) is 20.6. The van der Waals surface area contributed by atoms with Crippen molar-refractivity contribution in [3.8, 4) is 0 Å². The summed E-state index contributed by atoms with van der Waals surface area (Å²) in [7, 11) is 0. The van der Waals surface area contributed by atoms with Gasteiger partial charge in [-0.25, -0.2) is 0 Å². The van der Waals surface area contributed by atoms with Gasteiger partial charge in [-0.2, -0.15) is 0 Å². The molecule has 0 aliphatic rings. The Balaban J connectivity index is 0.00000144. The third-order valence-corrected chi connectivity index (χ3v) is 1.37. The van der Waals surface area contributed by atoms with E-state index in [1.165, 1.54) is 12.1 Å². The topological polar surface area (TPSA) is 80.3 Å². The van der Waals surface area contributed by atoms with Gasteiger partial charge in [0, 0.05) is 11.1 Å². The fourth-order valence-electron chi connectivity index (χ4n) is 0.839. The summed E-state index contributed by atoms with van der Waals surface area (Å²) in [6, 6.07) is 5.14. The standard InChI is InChI=1S/C8H6O4.Cd/c9-7(10)5-3-1-2-4-6(5)8(11)12;/h1-4H,(H,9,10)(H,11,12);/q;+2/p-2. The van der Waals surface area contributed by atoms with Crippen LogP contribution in [0, 0.1) is 0 Å². The monoisotopic (exact) mass is 278 g/mol. The average molecular weight is 277 g/mol. The van der Waals surface area contributed by atoms with Crippen LogP contribution in [0.3, 0.4) is 0 Å². The number of rotatable bonds is 2. The van der Waals surface area contributed by atoms with E-state index in [0.29, 0.717) is 0 Å². The zero-order valence-electron chi connectivity index (χ0n) is 6.65. The van der Waals surface area contributed by atoms with Gasteiger partial charge in [0.15, 0.2) is 0 Å². The quantitative estimate of drug-likeness (QED) is 0.610. The Hall–Kier alpha value is -0.918. The molecule has 1 aromatic carbocycles. The van der Waals surface area contributed by atoms with E-state index in [-0.39, 0.29) is 38.4 Å².